The second kappa shape index (κ2) is 6.45. The molecule has 2 aliphatic carbocycles. The molecule has 4 rings (SSSR count). The van der Waals surface area contributed by atoms with Gasteiger partial charge in [0.05, 0.1) is 13.2 Å². The molecule has 25 heavy (non-hydrogen) atoms. The number of benzene rings is 1. The molecular weight excluding hydrogens is 316 g/mol. The van der Waals surface area contributed by atoms with Gasteiger partial charge < -0.3 is 15.0 Å². The van der Waals surface area contributed by atoms with Gasteiger partial charge in [-0.15, -0.1) is 0 Å². The summed E-state index contributed by atoms with van der Waals surface area (Å²) >= 11 is 0. The Morgan fingerprint density at radius 2 is 2.04 bits per heavy atom. The van der Waals surface area contributed by atoms with Crippen molar-refractivity contribution in [2.45, 2.75) is 44.1 Å². The summed E-state index contributed by atoms with van der Waals surface area (Å²) in [7, 11) is 0. The Morgan fingerprint density at radius 1 is 1.28 bits per heavy atom. The van der Waals surface area contributed by atoms with Crippen LogP contribution in [0, 0.1) is 5.92 Å². The molecule has 2 amide bonds. The fourth-order valence-electron chi connectivity index (χ4n) is 4.61. The molecular formula is C20H26N2O3. The SMILES string of the molecule is C[C@H](NC(=O)[C@H]1C[C@@]12CCCc1ccccc12)C(=O)N1CCOCC1. The van der Waals surface area contributed by atoms with Crippen molar-refractivity contribution in [3.05, 3.63) is 35.4 Å². The monoisotopic (exact) mass is 342 g/mol. The zero-order valence-electron chi connectivity index (χ0n) is 14.8. The summed E-state index contributed by atoms with van der Waals surface area (Å²) in [6.07, 6.45) is 4.24. The predicted molar refractivity (Wildman–Crippen MR) is 94.2 cm³/mol. The first-order chi connectivity index (χ1) is 12.1. The van der Waals surface area contributed by atoms with Crippen molar-refractivity contribution in [1.29, 1.82) is 0 Å². The van der Waals surface area contributed by atoms with Gasteiger partial charge in [0.2, 0.25) is 11.8 Å². The molecule has 5 nitrogen and oxygen atoms in total. The largest absolute Gasteiger partial charge is 0.378 e. The van der Waals surface area contributed by atoms with Gasteiger partial charge in [0.1, 0.15) is 6.04 Å². The van der Waals surface area contributed by atoms with Crippen LogP contribution in [0.5, 0.6) is 0 Å². The van der Waals surface area contributed by atoms with Gasteiger partial charge in [-0.1, -0.05) is 24.3 Å². The molecule has 0 aromatic heterocycles. The fraction of sp³-hybridized carbons (Fsp3) is 0.600. The lowest BCUT2D eigenvalue weighted by molar-refractivity contribution is -0.139. The molecule has 0 radical (unpaired) electrons. The normalized spacial score (nSPS) is 29.0. The number of aryl methyl sites for hydroxylation is 1. The third-order valence-electron chi connectivity index (χ3n) is 6.07. The van der Waals surface area contributed by atoms with Gasteiger partial charge in [-0.05, 0) is 43.7 Å². The average Bonchev–Trinajstić information content (AvgIpc) is 3.37. The van der Waals surface area contributed by atoms with E-state index in [9.17, 15) is 9.59 Å². The van der Waals surface area contributed by atoms with Crippen molar-refractivity contribution < 1.29 is 14.3 Å². The van der Waals surface area contributed by atoms with E-state index >= 15 is 0 Å². The van der Waals surface area contributed by atoms with Crippen LogP contribution in [0.1, 0.15) is 37.3 Å². The van der Waals surface area contributed by atoms with Crippen LogP contribution >= 0.6 is 0 Å². The molecule has 1 saturated heterocycles. The highest BCUT2D eigenvalue weighted by atomic mass is 16.5. The van der Waals surface area contributed by atoms with E-state index in [2.05, 4.69) is 29.6 Å². The Bertz CT molecular complexity index is 683. The minimum absolute atomic E-state index is 0.00426. The third kappa shape index (κ3) is 2.95. The highest BCUT2D eigenvalue weighted by molar-refractivity contribution is 5.90. The van der Waals surface area contributed by atoms with E-state index in [1.54, 1.807) is 11.8 Å². The number of nitrogens with zero attached hydrogens (tertiary/aromatic N) is 1. The number of rotatable bonds is 3. The van der Waals surface area contributed by atoms with Crippen LogP contribution < -0.4 is 5.32 Å². The zero-order chi connectivity index (χ0) is 17.4. The van der Waals surface area contributed by atoms with Gasteiger partial charge in [-0.3, -0.25) is 9.59 Å². The number of morpholine rings is 1. The Hall–Kier alpha value is -1.88. The molecule has 3 atom stereocenters. The molecule has 134 valence electrons. The standard InChI is InChI=1S/C20H26N2O3/c1-14(19(24)22-9-11-25-12-10-22)21-18(23)17-13-20(17)8-4-6-15-5-2-3-7-16(15)20/h2-3,5,7,14,17H,4,6,8-13H2,1H3,(H,21,23)/t14-,17+,20+/m0/s1. The number of carbonyl (C=O) groups is 2. The van der Waals surface area contributed by atoms with E-state index in [0.717, 1.165) is 25.7 Å². The molecule has 1 aliphatic heterocycles. The van der Waals surface area contributed by atoms with Crippen molar-refractivity contribution in [3.8, 4) is 0 Å². The Balaban J connectivity index is 1.41. The van der Waals surface area contributed by atoms with Crippen LogP contribution in [0.15, 0.2) is 24.3 Å². The number of ether oxygens (including phenoxy) is 1. The quantitative estimate of drug-likeness (QED) is 0.909. The second-order valence-corrected chi connectivity index (χ2v) is 7.59. The molecule has 2 fully saturated rings. The molecule has 0 bridgehead atoms. The summed E-state index contributed by atoms with van der Waals surface area (Å²) < 4.78 is 5.29. The van der Waals surface area contributed by atoms with Crippen LogP contribution in [0.25, 0.3) is 0 Å². The maximum atomic E-state index is 12.8. The number of amides is 2. The van der Waals surface area contributed by atoms with E-state index in [4.69, 9.17) is 4.74 Å². The first-order valence-electron chi connectivity index (χ1n) is 9.37. The summed E-state index contributed by atoms with van der Waals surface area (Å²) in [5.41, 5.74) is 2.76. The van der Waals surface area contributed by atoms with Crippen molar-refractivity contribution in [2.75, 3.05) is 26.3 Å². The van der Waals surface area contributed by atoms with E-state index in [-0.39, 0.29) is 23.1 Å². The molecule has 5 heteroatoms. The van der Waals surface area contributed by atoms with Crippen LogP contribution in [0.2, 0.25) is 0 Å². The Kier molecular flexibility index (Phi) is 4.28. The molecule has 3 aliphatic rings. The van der Waals surface area contributed by atoms with Crippen molar-refractivity contribution in [1.82, 2.24) is 10.2 Å². The van der Waals surface area contributed by atoms with Gasteiger partial charge in [-0.2, -0.15) is 0 Å². The topological polar surface area (TPSA) is 58.6 Å². The Morgan fingerprint density at radius 3 is 2.84 bits per heavy atom. The third-order valence-corrected chi connectivity index (χ3v) is 6.07. The van der Waals surface area contributed by atoms with E-state index in [1.807, 2.05) is 0 Å². The van der Waals surface area contributed by atoms with E-state index < -0.39 is 6.04 Å². The van der Waals surface area contributed by atoms with Gasteiger partial charge in [0.25, 0.3) is 0 Å². The summed E-state index contributed by atoms with van der Waals surface area (Å²) in [4.78, 5) is 27.1. The lowest BCUT2D eigenvalue weighted by Gasteiger charge is -2.30. The molecule has 1 N–H and O–H groups in total. The van der Waals surface area contributed by atoms with E-state index in [1.165, 1.54) is 11.1 Å². The van der Waals surface area contributed by atoms with Crippen molar-refractivity contribution in [2.24, 2.45) is 5.92 Å². The van der Waals surface area contributed by atoms with Crippen LogP contribution in [-0.2, 0) is 26.2 Å². The smallest absolute Gasteiger partial charge is 0.245 e. The number of hydrogen-bond donors (Lipinski definition) is 1. The molecule has 1 aromatic rings. The van der Waals surface area contributed by atoms with Gasteiger partial charge >= 0.3 is 0 Å². The zero-order valence-corrected chi connectivity index (χ0v) is 14.8. The van der Waals surface area contributed by atoms with Crippen LogP contribution in [0.3, 0.4) is 0 Å². The van der Waals surface area contributed by atoms with Crippen LogP contribution in [0.4, 0.5) is 0 Å². The lowest BCUT2D eigenvalue weighted by atomic mass is 9.78. The maximum Gasteiger partial charge on any atom is 0.245 e. The number of carbonyl (C=O) groups excluding carboxylic acids is 2. The Labute approximate surface area is 148 Å². The molecule has 1 aromatic carbocycles. The first-order valence-corrected chi connectivity index (χ1v) is 9.37. The van der Waals surface area contributed by atoms with E-state index in [0.29, 0.717) is 26.3 Å². The minimum atomic E-state index is -0.470. The summed E-state index contributed by atoms with van der Waals surface area (Å²) in [5.74, 6) is 0.0371. The highest BCUT2D eigenvalue weighted by Crippen LogP contribution is 2.60. The molecule has 1 spiro atoms. The van der Waals surface area contributed by atoms with Crippen LogP contribution in [-0.4, -0.2) is 49.1 Å². The summed E-state index contributed by atoms with van der Waals surface area (Å²) in [6, 6.07) is 8.06. The molecule has 0 unspecified atom stereocenters. The van der Waals surface area contributed by atoms with Crippen molar-refractivity contribution >= 4 is 11.8 Å². The molecule has 1 saturated carbocycles. The highest BCUT2D eigenvalue weighted by Gasteiger charge is 2.60. The number of fused-ring (bicyclic) bond motifs is 2. The van der Waals surface area contributed by atoms with Gasteiger partial charge in [-0.25, -0.2) is 0 Å². The predicted octanol–water partition coefficient (Wildman–Crippen LogP) is 1.64. The fourth-order valence-corrected chi connectivity index (χ4v) is 4.61. The molecule has 1 heterocycles. The number of hydrogen-bond acceptors (Lipinski definition) is 3. The van der Waals surface area contributed by atoms with Crippen molar-refractivity contribution in [3.63, 3.8) is 0 Å². The minimum Gasteiger partial charge on any atom is -0.378 e. The van der Waals surface area contributed by atoms with Gasteiger partial charge in [0.15, 0.2) is 0 Å². The summed E-state index contributed by atoms with van der Waals surface area (Å²) in [5, 5.41) is 2.97. The maximum absolute atomic E-state index is 12.8. The average molecular weight is 342 g/mol. The summed E-state index contributed by atoms with van der Waals surface area (Å²) in [6.45, 7) is 4.17. The lowest BCUT2D eigenvalue weighted by Crippen LogP contribution is -2.51. The second-order valence-electron chi connectivity index (χ2n) is 7.59. The first kappa shape index (κ1) is 16.6. The number of nitrogens with one attached hydrogen (secondary N) is 1. The van der Waals surface area contributed by atoms with Gasteiger partial charge in [0, 0.05) is 24.4 Å².